The van der Waals surface area contributed by atoms with Crippen LogP contribution in [-0.2, 0) is 45.9 Å². The summed E-state index contributed by atoms with van der Waals surface area (Å²) in [6, 6.07) is 24.6. The van der Waals surface area contributed by atoms with Crippen molar-refractivity contribution >= 4 is 19.7 Å². The fourth-order valence-corrected chi connectivity index (χ4v) is 6.29. The van der Waals surface area contributed by atoms with E-state index in [0.717, 1.165) is 24.0 Å². The largest absolute Gasteiger partial charge is 2.00 e. The van der Waals surface area contributed by atoms with Crippen LogP contribution in [0.2, 0.25) is 0 Å². The molecule has 2 aliphatic rings. The maximum absolute atomic E-state index is 12.2. The molecular weight excluding hydrogens is 684 g/mol. The van der Waals surface area contributed by atoms with E-state index in [1.807, 2.05) is 38.2 Å². The minimum absolute atomic E-state index is 0. The summed E-state index contributed by atoms with van der Waals surface area (Å²) in [7, 11) is -7.08. The third kappa shape index (κ3) is 11.9. The van der Waals surface area contributed by atoms with E-state index in [2.05, 4.69) is 24.3 Å². The second-order valence-electron chi connectivity index (χ2n) is 9.63. The van der Waals surface area contributed by atoms with Gasteiger partial charge in [-0.2, -0.15) is 12.2 Å². The van der Waals surface area contributed by atoms with Gasteiger partial charge in [-0.15, -0.1) is 12.8 Å². The molecule has 0 radical (unpaired) electrons. The molecule has 0 heterocycles. The Hall–Kier alpha value is -3.78. The van der Waals surface area contributed by atoms with Gasteiger partial charge in [-0.05, 0) is 74.5 Å². The topological polar surface area (TPSA) is 109 Å². The van der Waals surface area contributed by atoms with Gasteiger partial charge in [-0.1, -0.05) is 47.5 Å². The number of phenolic OH excluding ortho intramolecular Hbond substituents is 2. The van der Waals surface area contributed by atoms with Crippen molar-refractivity contribution in [1.29, 1.82) is 0 Å². The van der Waals surface area contributed by atoms with E-state index in [9.17, 15) is 27.0 Å². The van der Waals surface area contributed by atoms with E-state index in [-0.39, 0.29) is 57.3 Å². The van der Waals surface area contributed by atoms with Gasteiger partial charge in [0, 0.05) is 0 Å². The number of hydrogen-bond acceptors (Lipinski definition) is 6. The molecule has 6 nitrogen and oxygen atoms in total. The molecule has 0 saturated carbocycles. The Morgan fingerprint density at radius 1 is 0.533 bits per heavy atom. The first-order chi connectivity index (χ1) is 21.0. The molecule has 2 N–H and O–H groups in total. The summed E-state index contributed by atoms with van der Waals surface area (Å²) >= 11 is 0. The number of rotatable bonds is 4. The Morgan fingerprint density at radius 3 is 1.13 bits per heavy atom. The van der Waals surface area contributed by atoms with Crippen LogP contribution in [0.4, 0.5) is 0 Å². The van der Waals surface area contributed by atoms with Gasteiger partial charge in [-0.25, -0.2) is 41.1 Å². The zero-order valence-corrected chi connectivity index (χ0v) is 29.1. The molecule has 0 atom stereocenters. The smallest absolute Gasteiger partial charge is 0.508 e. The van der Waals surface area contributed by atoms with E-state index in [4.69, 9.17) is 0 Å². The Kier molecular flexibility index (Phi) is 15.2. The summed E-state index contributed by atoms with van der Waals surface area (Å²) in [5.41, 5.74) is 2.00. The third-order valence-electron chi connectivity index (χ3n) is 6.09. The summed E-state index contributed by atoms with van der Waals surface area (Å²) in [4.78, 5) is 0.658. The van der Waals surface area contributed by atoms with Crippen LogP contribution in [0.1, 0.15) is 24.0 Å². The Morgan fingerprint density at radius 2 is 0.889 bits per heavy atom. The van der Waals surface area contributed by atoms with Crippen molar-refractivity contribution in [2.24, 2.45) is 0 Å². The predicted octanol–water partition coefficient (Wildman–Crippen LogP) is 7.68. The molecule has 4 aromatic carbocycles. The quantitative estimate of drug-likeness (QED) is 0.210. The maximum Gasteiger partial charge on any atom is 2.00 e. The number of sulfone groups is 2. The fraction of sp³-hybridized carbons (Fsp3) is 0.111. The minimum atomic E-state index is -3.54. The molecule has 45 heavy (non-hydrogen) atoms. The van der Waals surface area contributed by atoms with Gasteiger partial charge in [0.1, 0.15) is 11.5 Å². The number of phenols is 2. The first-order valence-corrected chi connectivity index (χ1v) is 16.6. The van der Waals surface area contributed by atoms with E-state index in [0.29, 0.717) is 0 Å². The molecule has 6 rings (SSSR count). The molecule has 0 spiro atoms. The van der Waals surface area contributed by atoms with E-state index >= 15 is 0 Å². The molecule has 9 heteroatoms. The van der Waals surface area contributed by atoms with Crippen LogP contribution >= 0.6 is 0 Å². The van der Waals surface area contributed by atoms with Crippen LogP contribution in [0.25, 0.3) is 0 Å². The molecule has 0 unspecified atom stereocenters. The summed E-state index contributed by atoms with van der Waals surface area (Å²) < 4.78 is 48.7. The van der Waals surface area contributed by atoms with E-state index in [1.165, 1.54) is 48.5 Å². The molecule has 4 aromatic rings. The van der Waals surface area contributed by atoms with E-state index < -0.39 is 19.7 Å². The molecule has 230 valence electrons. The van der Waals surface area contributed by atoms with Crippen molar-refractivity contribution < 1.29 is 53.3 Å². The first-order valence-electron chi connectivity index (χ1n) is 13.7. The Bertz CT molecular complexity index is 1700. The molecule has 0 fully saturated rings. The molecule has 0 aliphatic heterocycles. The van der Waals surface area contributed by atoms with Gasteiger partial charge in [0.25, 0.3) is 0 Å². The van der Waals surface area contributed by atoms with Crippen LogP contribution in [0.5, 0.6) is 11.5 Å². The zero-order chi connectivity index (χ0) is 32.0. The Balaban J connectivity index is 0.000000235. The third-order valence-corrected chi connectivity index (χ3v) is 9.62. The van der Waals surface area contributed by atoms with Crippen LogP contribution < -0.4 is 0 Å². The van der Waals surface area contributed by atoms with Gasteiger partial charge in [0.2, 0.25) is 19.7 Å². The maximum atomic E-state index is 12.2. The minimum Gasteiger partial charge on any atom is -0.508 e. The van der Waals surface area contributed by atoms with Crippen LogP contribution in [-0.4, -0.2) is 27.0 Å². The molecule has 0 bridgehead atoms. The van der Waals surface area contributed by atoms with Crippen LogP contribution in [0.15, 0.2) is 153 Å². The van der Waals surface area contributed by atoms with Gasteiger partial charge in [0.05, 0.1) is 19.6 Å². The average molecular weight is 718 g/mol. The van der Waals surface area contributed by atoms with Crippen molar-refractivity contribution in [2.75, 3.05) is 0 Å². The fourth-order valence-electron chi connectivity index (χ4n) is 3.69. The molecule has 2 aliphatic carbocycles. The van der Waals surface area contributed by atoms with Crippen LogP contribution in [0, 0.1) is 26.0 Å². The standard InChI is InChI=1S/2C13H12O3S.2C5H5.Zr/c2*1-10-5-7-12(8-6-10)17(15,16)13-4-2-3-11(14)9-13;2*1-2-4-5-3-1;/h2*2-9,14H,1H3;2*1-3H,4H2;/q;;2*-1;+2. The normalized spacial score (nSPS) is 12.5. The number of aryl methyl sites for hydroxylation is 2. The van der Waals surface area contributed by atoms with Gasteiger partial charge in [-0.3, -0.25) is 12.2 Å². The number of allylic oxidation sites excluding steroid dienone is 8. The number of hydrogen-bond donors (Lipinski definition) is 2. The number of aromatic hydroxyl groups is 2. The van der Waals surface area contributed by atoms with Crippen LogP contribution in [0.3, 0.4) is 0 Å². The monoisotopic (exact) mass is 716 g/mol. The summed E-state index contributed by atoms with van der Waals surface area (Å²) in [6.45, 7) is 3.79. The van der Waals surface area contributed by atoms with Crippen molar-refractivity contribution in [3.63, 3.8) is 0 Å². The molecule has 0 aromatic heterocycles. The summed E-state index contributed by atoms with van der Waals surface area (Å²) in [6.07, 6.45) is 20.0. The van der Waals surface area contributed by atoms with Crippen molar-refractivity contribution in [3.8, 4) is 11.5 Å². The summed E-state index contributed by atoms with van der Waals surface area (Å²) in [5, 5.41) is 18.6. The SMILES string of the molecule is Cc1ccc(S(=O)(=O)c2cccc(O)c2)cc1.Cc1ccc(S(=O)(=O)c2cccc(O)c2)cc1.[C-]1=CC=CC1.[C-]1=CC=CC1.[Zr+2]. The van der Waals surface area contributed by atoms with Crippen molar-refractivity contribution in [3.05, 3.63) is 157 Å². The van der Waals surface area contributed by atoms with Crippen molar-refractivity contribution in [2.45, 2.75) is 46.3 Å². The van der Waals surface area contributed by atoms with Gasteiger partial charge < -0.3 is 10.2 Å². The summed E-state index contributed by atoms with van der Waals surface area (Å²) in [5.74, 6) is -0.114. The number of benzene rings is 4. The average Bonchev–Trinajstić information content (AvgIpc) is 3.79. The molecule has 0 amide bonds. The van der Waals surface area contributed by atoms with Gasteiger partial charge in [0.15, 0.2) is 0 Å². The molecule has 0 saturated heterocycles. The second-order valence-corrected chi connectivity index (χ2v) is 13.5. The van der Waals surface area contributed by atoms with Gasteiger partial charge >= 0.3 is 26.2 Å². The predicted molar refractivity (Wildman–Crippen MR) is 173 cm³/mol. The zero-order valence-electron chi connectivity index (χ0n) is 25.0. The van der Waals surface area contributed by atoms with Crippen molar-refractivity contribution in [1.82, 2.24) is 0 Å². The Labute approximate surface area is 285 Å². The van der Waals surface area contributed by atoms with E-state index in [1.54, 1.807) is 48.5 Å². The molecular formula is C36H34O6S2Zr. The first kappa shape index (κ1) is 37.4. The second kappa shape index (κ2) is 18.3.